The second kappa shape index (κ2) is 4.29. The fraction of sp³-hybridized carbons (Fsp3) is 0.562. The Labute approximate surface area is 117 Å². The van der Waals surface area contributed by atoms with Crippen LogP contribution in [0, 0.1) is 23.6 Å². The summed E-state index contributed by atoms with van der Waals surface area (Å²) in [5.74, 6) is 0.972. The number of aliphatic hydroxyl groups excluding tert-OH is 1. The van der Waals surface area contributed by atoms with Crippen LogP contribution in [0.3, 0.4) is 0 Å². The van der Waals surface area contributed by atoms with Crippen LogP contribution in [-0.4, -0.2) is 11.0 Å². The zero-order chi connectivity index (χ0) is 13.9. The largest absolute Gasteiger partial charge is 0.388 e. The van der Waals surface area contributed by atoms with E-state index < -0.39 is 11.9 Å². The lowest BCUT2D eigenvalue weighted by Gasteiger charge is -2.21. The maximum Gasteiger partial charge on any atom is 0.224 e. The van der Waals surface area contributed by atoms with Gasteiger partial charge in [0.05, 0.1) is 6.10 Å². The number of fused-ring (bicyclic) bond motifs is 2. The van der Waals surface area contributed by atoms with Crippen molar-refractivity contribution >= 4 is 11.6 Å². The van der Waals surface area contributed by atoms with Crippen molar-refractivity contribution in [1.82, 2.24) is 0 Å². The van der Waals surface area contributed by atoms with E-state index in [1.165, 1.54) is 25.3 Å². The number of carbonyl (C=O) groups excluding carboxylic acids is 1. The fourth-order valence-corrected chi connectivity index (χ4v) is 4.20. The number of amides is 1. The molecule has 3 atom stereocenters. The molecule has 1 aromatic carbocycles. The van der Waals surface area contributed by atoms with Crippen LogP contribution in [0.4, 0.5) is 10.1 Å². The van der Waals surface area contributed by atoms with Gasteiger partial charge >= 0.3 is 0 Å². The van der Waals surface area contributed by atoms with Gasteiger partial charge in [-0.3, -0.25) is 4.79 Å². The molecule has 1 amide bonds. The van der Waals surface area contributed by atoms with Crippen molar-refractivity contribution in [2.45, 2.75) is 38.2 Å². The van der Waals surface area contributed by atoms with Gasteiger partial charge in [-0.1, -0.05) is 6.42 Å². The lowest BCUT2D eigenvalue weighted by molar-refractivity contribution is -0.116. The van der Waals surface area contributed by atoms with Crippen LogP contribution in [-0.2, 0) is 11.2 Å². The lowest BCUT2D eigenvalue weighted by atomic mass is 9.94. The van der Waals surface area contributed by atoms with Crippen LogP contribution in [0.15, 0.2) is 12.1 Å². The van der Waals surface area contributed by atoms with Crippen molar-refractivity contribution in [3.05, 3.63) is 29.1 Å². The van der Waals surface area contributed by atoms with Crippen LogP contribution in [0.1, 0.15) is 42.9 Å². The van der Waals surface area contributed by atoms with Crippen LogP contribution in [0.5, 0.6) is 0 Å². The van der Waals surface area contributed by atoms with E-state index in [1.54, 1.807) is 6.07 Å². The maximum absolute atomic E-state index is 14.2. The predicted molar refractivity (Wildman–Crippen MR) is 72.6 cm³/mol. The molecular formula is C16H18FNO2. The molecule has 0 aromatic heterocycles. The molecule has 2 N–H and O–H groups in total. The Morgan fingerprint density at radius 3 is 2.75 bits per heavy atom. The van der Waals surface area contributed by atoms with Crippen molar-refractivity contribution in [2.75, 3.05) is 5.32 Å². The predicted octanol–water partition coefficient (Wildman–Crippen LogP) is 2.79. The van der Waals surface area contributed by atoms with Gasteiger partial charge in [0.1, 0.15) is 5.82 Å². The molecule has 1 aromatic rings. The second-order valence-electron chi connectivity index (χ2n) is 6.36. The van der Waals surface area contributed by atoms with Gasteiger partial charge < -0.3 is 10.4 Å². The van der Waals surface area contributed by atoms with Gasteiger partial charge in [-0.25, -0.2) is 4.39 Å². The summed E-state index contributed by atoms with van der Waals surface area (Å²) in [7, 11) is 0. The number of halogens is 1. The van der Waals surface area contributed by atoms with E-state index >= 15 is 0 Å². The van der Waals surface area contributed by atoms with Crippen molar-refractivity contribution in [1.29, 1.82) is 0 Å². The molecule has 3 unspecified atom stereocenters. The van der Waals surface area contributed by atoms with Gasteiger partial charge in [-0.05, 0) is 54.7 Å². The third-order valence-electron chi connectivity index (χ3n) is 5.27. The van der Waals surface area contributed by atoms with E-state index in [4.69, 9.17) is 0 Å². The van der Waals surface area contributed by atoms with Crippen molar-refractivity contribution in [2.24, 2.45) is 17.8 Å². The van der Waals surface area contributed by atoms with E-state index in [-0.39, 0.29) is 11.8 Å². The van der Waals surface area contributed by atoms with Gasteiger partial charge in [-0.2, -0.15) is 0 Å². The first-order chi connectivity index (χ1) is 9.65. The molecule has 0 saturated heterocycles. The third kappa shape index (κ3) is 1.78. The number of benzene rings is 1. The molecular weight excluding hydrogens is 257 g/mol. The molecule has 4 rings (SSSR count). The summed E-state index contributed by atoms with van der Waals surface area (Å²) < 4.78 is 14.2. The Hall–Kier alpha value is -1.42. The van der Waals surface area contributed by atoms with Gasteiger partial charge in [0.2, 0.25) is 5.91 Å². The summed E-state index contributed by atoms with van der Waals surface area (Å²) in [6, 6.07) is 3.12. The number of rotatable bonds is 2. The summed E-state index contributed by atoms with van der Waals surface area (Å²) in [4.78, 5) is 11.3. The maximum atomic E-state index is 14.2. The number of nitrogens with one attached hydrogen (secondary N) is 1. The molecule has 0 spiro atoms. The van der Waals surface area contributed by atoms with Gasteiger partial charge in [-0.15, -0.1) is 0 Å². The average Bonchev–Trinajstić information content (AvgIpc) is 2.90. The summed E-state index contributed by atoms with van der Waals surface area (Å²) in [5.41, 5.74) is 1.91. The molecule has 106 valence electrons. The normalized spacial score (nSPS) is 32.3. The van der Waals surface area contributed by atoms with E-state index in [0.717, 1.165) is 5.56 Å². The number of aryl methyl sites for hydroxylation is 1. The SMILES string of the molecule is O=C1CCc2cc(C(O)C3C4CCCC43)c(F)cc2N1. The lowest BCUT2D eigenvalue weighted by Crippen LogP contribution is -2.20. The molecule has 2 aliphatic carbocycles. The Kier molecular flexibility index (Phi) is 2.64. The Bertz CT molecular complexity index is 576. The highest BCUT2D eigenvalue weighted by molar-refractivity contribution is 5.93. The van der Waals surface area contributed by atoms with Crippen LogP contribution >= 0.6 is 0 Å². The Balaban J connectivity index is 1.63. The first-order valence-corrected chi connectivity index (χ1v) is 7.45. The highest BCUT2D eigenvalue weighted by Crippen LogP contribution is 2.62. The van der Waals surface area contributed by atoms with Gasteiger partial charge in [0, 0.05) is 17.7 Å². The van der Waals surface area contributed by atoms with Crippen molar-refractivity contribution in [3.63, 3.8) is 0 Å². The molecule has 0 bridgehead atoms. The van der Waals surface area contributed by atoms with Gasteiger partial charge in [0.15, 0.2) is 0 Å². The number of hydrogen-bond donors (Lipinski definition) is 2. The van der Waals surface area contributed by atoms with Gasteiger partial charge in [0.25, 0.3) is 0 Å². The number of anilines is 1. The monoisotopic (exact) mass is 275 g/mol. The van der Waals surface area contributed by atoms with Crippen LogP contribution < -0.4 is 5.32 Å². The first-order valence-electron chi connectivity index (χ1n) is 7.45. The van der Waals surface area contributed by atoms with E-state index in [2.05, 4.69) is 5.32 Å². The minimum absolute atomic E-state index is 0.0677. The Morgan fingerprint density at radius 1 is 1.25 bits per heavy atom. The molecule has 3 nitrogen and oxygen atoms in total. The Morgan fingerprint density at radius 2 is 2.00 bits per heavy atom. The second-order valence-corrected chi connectivity index (χ2v) is 6.36. The van der Waals surface area contributed by atoms with Crippen molar-refractivity contribution in [3.8, 4) is 0 Å². The molecule has 20 heavy (non-hydrogen) atoms. The van der Waals surface area contributed by atoms with Crippen LogP contribution in [0.2, 0.25) is 0 Å². The quantitative estimate of drug-likeness (QED) is 0.872. The van der Waals surface area contributed by atoms with E-state index in [9.17, 15) is 14.3 Å². The third-order valence-corrected chi connectivity index (χ3v) is 5.27. The smallest absolute Gasteiger partial charge is 0.224 e. The molecule has 1 aliphatic heterocycles. The zero-order valence-corrected chi connectivity index (χ0v) is 11.2. The standard InChI is InChI=1S/C16H18FNO2/c17-12-7-13-8(4-5-14(19)18-13)6-11(12)16(20)15-9-2-1-3-10(9)15/h6-7,9-10,15-16,20H,1-5H2,(H,18,19). The highest BCUT2D eigenvalue weighted by Gasteiger charge is 2.56. The molecule has 2 saturated carbocycles. The summed E-state index contributed by atoms with van der Waals surface area (Å²) in [6.45, 7) is 0. The number of hydrogen-bond acceptors (Lipinski definition) is 2. The molecule has 4 heteroatoms. The molecule has 1 heterocycles. The molecule has 3 aliphatic rings. The highest BCUT2D eigenvalue weighted by atomic mass is 19.1. The minimum atomic E-state index is -0.687. The van der Waals surface area contributed by atoms with Crippen molar-refractivity contribution < 1.29 is 14.3 Å². The summed E-state index contributed by atoms with van der Waals surface area (Å²) >= 11 is 0. The summed E-state index contributed by atoms with van der Waals surface area (Å²) in [6.07, 6.45) is 3.97. The molecule has 2 fully saturated rings. The topological polar surface area (TPSA) is 49.3 Å². The van der Waals surface area contributed by atoms with Crippen LogP contribution in [0.25, 0.3) is 0 Å². The van der Waals surface area contributed by atoms with E-state index in [0.29, 0.717) is 35.9 Å². The first kappa shape index (κ1) is 12.3. The molecule has 0 radical (unpaired) electrons. The zero-order valence-electron chi connectivity index (χ0n) is 11.2. The summed E-state index contributed by atoms with van der Waals surface area (Å²) in [5, 5.41) is 13.2. The average molecular weight is 275 g/mol. The van der Waals surface area contributed by atoms with E-state index in [1.807, 2.05) is 0 Å². The fourth-order valence-electron chi connectivity index (χ4n) is 4.20. The minimum Gasteiger partial charge on any atom is -0.388 e. The number of aliphatic hydroxyl groups is 1. The number of carbonyl (C=O) groups is 1.